The van der Waals surface area contributed by atoms with Gasteiger partial charge in [0, 0.05) is 19.5 Å². The molecular formula is C15H16FNO2. The van der Waals surface area contributed by atoms with E-state index >= 15 is 0 Å². The van der Waals surface area contributed by atoms with Crippen LogP contribution in [0.4, 0.5) is 4.39 Å². The standard InChI is InChI=1S/C15H16FNO2/c16-12-5-3-11(4-6-12)10-17-9-8-15(14(17)19)7-1-2-13(15)18/h3-6H,1-2,7-10H2. The molecule has 3 rings (SSSR count). The van der Waals surface area contributed by atoms with Gasteiger partial charge in [-0.2, -0.15) is 0 Å². The summed E-state index contributed by atoms with van der Waals surface area (Å²) in [7, 11) is 0. The molecule has 1 amide bonds. The highest BCUT2D eigenvalue weighted by Crippen LogP contribution is 2.44. The molecule has 1 aromatic rings. The van der Waals surface area contributed by atoms with E-state index in [2.05, 4.69) is 0 Å². The summed E-state index contributed by atoms with van der Waals surface area (Å²) in [5.41, 5.74) is 0.178. The average molecular weight is 261 g/mol. The quantitative estimate of drug-likeness (QED) is 0.766. The molecule has 0 radical (unpaired) electrons. The molecule has 2 fully saturated rings. The van der Waals surface area contributed by atoms with Crippen molar-refractivity contribution in [1.82, 2.24) is 4.90 Å². The fraction of sp³-hybridized carbons (Fsp3) is 0.467. The van der Waals surface area contributed by atoms with Gasteiger partial charge in [-0.25, -0.2) is 4.39 Å². The van der Waals surface area contributed by atoms with E-state index in [4.69, 9.17) is 0 Å². The van der Waals surface area contributed by atoms with Crippen LogP contribution in [0.15, 0.2) is 24.3 Å². The van der Waals surface area contributed by atoms with E-state index < -0.39 is 5.41 Å². The number of Topliss-reactive ketones (excluding diaryl/α,β-unsaturated/α-hetero) is 1. The fourth-order valence-electron chi connectivity index (χ4n) is 3.22. The average Bonchev–Trinajstić information content (AvgIpc) is 2.92. The summed E-state index contributed by atoms with van der Waals surface area (Å²) in [6.45, 7) is 1.09. The second-order valence-corrected chi connectivity index (χ2v) is 5.46. The van der Waals surface area contributed by atoms with Crippen molar-refractivity contribution in [2.45, 2.75) is 32.2 Å². The lowest BCUT2D eigenvalue weighted by Gasteiger charge is -2.21. The van der Waals surface area contributed by atoms with Crippen LogP contribution >= 0.6 is 0 Å². The third-order valence-electron chi connectivity index (χ3n) is 4.33. The van der Waals surface area contributed by atoms with E-state index in [1.165, 1.54) is 12.1 Å². The topological polar surface area (TPSA) is 37.4 Å². The van der Waals surface area contributed by atoms with Crippen molar-refractivity contribution in [3.63, 3.8) is 0 Å². The van der Waals surface area contributed by atoms with E-state index in [0.717, 1.165) is 12.0 Å². The Labute approximate surface area is 111 Å². The molecule has 1 saturated carbocycles. The second kappa shape index (κ2) is 4.44. The van der Waals surface area contributed by atoms with Gasteiger partial charge >= 0.3 is 0 Å². The van der Waals surface area contributed by atoms with Crippen LogP contribution in [-0.4, -0.2) is 23.1 Å². The van der Waals surface area contributed by atoms with Gasteiger partial charge in [-0.15, -0.1) is 0 Å². The number of carbonyl (C=O) groups excluding carboxylic acids is 2. The first kappa shape index (κ1) is 12.3. The Balaban J connectivity index is 1.76. The Hall–Kier alpha value is -1.71. The van der Waals surface area contributed by atoms with Crippen LogP contribution in [0.25, 0.3) is 0 Å². The van der Waals surface area contributed by atoms with E-state index in [0.29, 0.717) is 32.4 Å². The van der Waals surface area contributed by atoms with Gasteiger partial charge in [0.1, 0.15) is 17.0 Å². The zero-order valence-electron chi connectivity index (χ0n) is 10.7. The van der Waals surface area contributed by atoms with E-state index in [9.17, 15) is 14.0 Å². The molecule has 4 heteroatoms. The number of halogens is 1. The minimum absolute atomic E-state index is 0.0284. The normalized spacial score (nSPS) is 26.7. The van der Waals surface area contributed by atoms with Gasteiger partial charge in [0.05, 0.1) is 0 Å². The predicted octanol–water partition coefficient (Wildman–Crippen LogP) is 2.30. The van der Waals surface area contributed by atoms with Crippen molar-refractivity contribution in [2.75, 3.05) is 6.54 Å². The van der Waals surface area contributed by atoms with Gasteiger partial charge < -0.3 is 4.90 Å². The Bertz CT molecular complexity index is 525. The highest BCUT2D eigenvalue weighted by atomic mass is 19.1. The Morgan fingerprint density at radius 2 is 1.89 bits per heavy atom. The molecule has 1 atom stereocenters. The molecule has 19 heavy (non-hydrogen) atoms. The number of benzene rings is 1. The predicted molar refractivity (Wildman–Crippen MR) is 67.7 cm³/mol. The monoisotopic (exact) mass is 261 g/mol. The van der Waals surface area contributed by atoms with Crippen molar-refractivity contribution < 1.29 is 14.0 Å². The lowest BCUT2D eigenvalue weighted by atomic mass is 9.84. The van der Waals surface area contributed by atoms with Gasteiger partial charge in [-0.1, -0.05) is 12.1 Å². The van der Waals surface area contributed by atoms with Crippen LogP contribution in [0.3, 0.4) is 0 Å². The number of nitrogens with zero attached hydrogens (tertiary/aromatic N) is 1. The molecule has 1 heterocycles. The SMILES string of the molecule is O=C1CCCC12CCN(Cc1ccc(F)cc1)C2=O. The Morgan fingerprint density at radius 1 is 1.16 bits per heavy atom. The molecular weight excluding hydrogens is 245 g/mol. The van der Waals surface area contributed by atoms with Crippen molar-refractivity contribution in [2.24, 2.45) is 5.41 Å². The minimum Gasteiger partial charge on any atom is -0.337 e. The number of hydrogen-bond donors (Lipinski definition) is 0. The van der Waals surface area contributed by atoms with E-state index in [-0.39, 0.29) is 17.5 Å². The third kappa shape index (κ3) is 1.95. The van der Waals surface area contributed by atoms with Crippen LogP contribution in [0.2, 0.25) is 0 Å². The molecule has 1 spiro atoms. The Morgan fingerprint density at radius 3 is 2.53 bits per heavy atom. The van der Waals surface area contributed by atoms with Crippen LogP contribution in [0.5, 0.6) is 0 Å². The molecule has 3 nitrogen and oxygen atoms in total. The molecule has 100 valence electrons. The summed E-state index contributed by atoms with van der Waals surface area (Å²) in [6.07, 6.45) is 2.71. The maximum Gasteiger partial charge on any atom is 0.236 e. The van der Waals surface area contributed by atoms with Crippen molar-refractivity contribution >= 4 is 11.7 Å². The number of ketones is 1. The smallest absolute Gasteiger partial charge is 0.236 e. The van der Waals surface area contributed by atoms with Crippen molar-refractivity contribution in [3.8, 4) is 0 Å². The lowest BCUT2D eigenvalue weighted by molar-refractivity contribution is -0.142. The van der Waals surface area contributed by atoms with Gasteiger partial charge in [-0.3, -0.25) is 9.59 Å². The highest BCUT2D eigenvalue weighted by Gasteiger charge is 2.53. The number of likely N-dealkylation sites (tertiary alicyclic amines) is 1. The summed E-state index contributed by atoms with van der Waals surface area (Å²) < 4.78 is 12.8. The van der Waals surface area contributed by atoms with Crippen LogP contribution in [0.1, 0.15) is 31.2 Å². The maximum atomic E-state index is 12.8. The first-order valence-electron chi connectivity index (χ1n) is 6.69. The highest BCUT2D eigenvalue weighted by molar-refractivity contribution is 6.08. The van der Waals surface area contributed by atoms with Crippen LogP contribution < -0.4 is 0 Å². The molecule has 1 saturated heterocycles. The first-order chi connectivity index (χ1) is 9.12. The second-order valence-electron chi connectivity index (χ2n) is 5.46. The van der Waals surface area contributed by atoms with Gasteiger partial charge in [-0.05, 0) is 37.0 Å². The van der Waals surface area contributed by atoms with Gasteiger partial charge in [0.25, 0.3) is 0 Å². The maximum absolute atomic E-state index is 12.8. The Kier molecular flexibility index (Phi) is 2.88. The van der Waals surface area contributed by atoms with Crippen LogP contribution in [0, 0.1) is 11.2 Å². The van der Waals surface area contributed by atoms with E-state index in [1.54, 1.807) is 17.0 Å². The van der Waals surface area contributed by atoms with Gasteiger partial charge in [0.2, 0.25) is 5.91 Å². The summed E-state index contributed by atoms with van der Waals surface area (Å²) in [6, 6.07) is 6.16. The molecule has 1 aliphatic carbocycles. The lowest BCUT2D eigenvalue weighted by Crippen LogP contribution is -2.37. The summed E-state index contributed by atoms with van der Waals surface area (Å²) in [5.74, 6) is -0.197. The zero-order chi connectivity index (χ0) is 13.5. The van der Waals surface area contributed by atoms with Crippen molar-refractivity contribution in [1.29, 1.82) is 0 Å². The van der Waals surface area contributed by atoms with Gasteiger partial charge in [0.15, 0.2) is 0 Å². The summed E-state index contributed by atoms with van der Waals surface area (Å²) in [5, 5.41) is 0. The largest absolute Gasteiger partial charge is 0.337 e. The number of amides is 1. The first-order valence-corrected chi connectivity index (χ1v) is 6.69. The molecule has 1 unspecified atom stereocenters. The molecule has 1 aromatic carbocycles. The van der Waals surface area contributed by atoms with E-state index in [1.807, 2.05) is 0 Å². The number of rotatable bonds is 2. The number of hydrogen-bond acceptors (Lipinski definition) is 2. The van der Waals surface area contributed by atoms with Crippen LogP contribution in [-0.2, 0) is 16.1 Å². The summed E-state index contributed by atoms with van der Waals surface area (Å²) >= 11 is 0. The fourth-order valence-corrected chi connectivity index (χ4v) is 3.22. The molecule has 0 aromatic heterocycles. The molecule has 1 aliphatic heterocycles. The molecule has 2 aliphatic rings. The number of carbonyl (C=O) groups is 2. The molecule has 0 bridgehead atoms. The minimum atomic E-state index is -0.722. The van der Waals surface area contributed by atoms with Crippen molar-refractivity contribution in [3.05, 3.63) is 35.6 Å². The zero-order valence-corrected chi connectivity index (χ0v) is 10.7. The summed E-state index contributed by atoms with van der Waals surface area (Å²) in [4.78, 5) is 26.1. The molecule has 0 N–H and O–H groups in total. The third-order valence-corrected chi connectivity index (χ3v) is 4.33.